The summed E-state index contributed by atoms with van der Waals surface area (Å²) in [7, 11) is 1.37. The molecule has 4 heteroatoms. The van der Waals surface area contributed by atoms with Gasteiger partial charge in [0.1, 0.15) is 11.6 Å². The van der Waals surface area contributed by atoms with Crippen LogP contribution in [-0.2, 0) is 0 Å². The highest BCUT2D eigenvalue weighted by Crippen LogP contribution is 2.35. The number of nitriles is 2. The van der Waals surface area contributed by atoms with Gasteiger partial charge in [-0.25, -0.2) is 0 Å². The Bertz CT molecular complexity index is 766. The van der Waals surface area contributed by atoms with Crippen molar-refractivity contribution in [2.24, 2.45) is 0 Å². The number of nitrogens with zero attached hydrogens (tertiary/aromatic N) is 2. The average Bonchev–Trinajstić information content (AvgIpc) is 2.53. The lowest BCUT2D eigenvalue weighted by Gasteiger charge is -2.09. The van der Waals surface area contributed by atoms with E-state index in [0.29, 0.717) is 5.56 Å². The minimum Gasteiger partial charge on any atom is -0.503 e. The van der Waals surface area contributed by atoms with Gasteiger partial charge >= 0.3 is 0 Å². The van der Waals surface area contributed by atoms with E-state index in [-0.39, 0.29) is 22.6 Å². The third-order valence-corrected chi connectivity index (χ3v) is 3.00. The highest BCUT2D eigenvalue weighted by molar-refractivity contribution is 5.79. The second-order valence-corrected chi connectivity index (χ2v) is 4.23. The highest BCUT2D eigenvalue weighted by Gasteiger charge is 2.16. The Balaban J connectivity index is 2.58. The maximum Gasteiger partial charge on any atom is 0.176 e. The van der Waals surface area contributed by atoms with Crippen LogP contribution in [0.15, 0.2) is 36.4 Å². The van der Waals surface area contributed by atoms with Crippen molar-refractivity contribution in [3.8, 4) is 23.6 Å². The zero-order valence-corrected chi connectivity index (χ0v) is 11.4. The van der Waals surface area contributed by atoms with E-state index in [4.69, 9.17) is 4.74 Å². The Kier molecular flexibility index (Phi) is 4.23. The zero-order chi connectivity index (χ0) is 15.2. The molecule has 0 aliphatic carbocycles. The second kappa shape index (κ2) is 6.27. The van der Waals surface area contributed by atoms with E-state index in [1.165, 1.54) is 13.2 Å². The van der Waals surface area contributed by atoms with Crippen molar-refractivity contribution in [1.29, 1.82) is 10.5 Å². The fourth-order valence-electron chi connectivity index (χ4n) is 1.94. The molecular formula is C17H12N2O2. The lowest BCUT2D eigenvalue weighted by Crippen LogP contribution is -1.94. The lowest BCUT2D eigenvalue weighted by molar-refractivity contribution is 0.372. The van der Waals surface area contributed by atoms with Gasteiger partial charge in [-0.15, -0.1) is 0 Å². The van der Waals surface area contributed by atoms with Crippen molar-refractivity contribution in [1.82, 2.24) is 0 Å². The van der Waals surface area contributed by atoms with Gasteiger partial charge in [-0.05, 0) is 5.56 Å². The first-order valence-electron chi connectivity index (χ1n) is 6.18. The summed E-state index contributed by atoms with van der Waals surface area (Å²) in [5.74, 6) is -0.147. The number of phenols is 1. The monoisotopic (exact) mass is 276 g/mol. The number of methoxy groups -OCH3 is 1. The van der Waals surface area contributed by atoms with E-state index in [0.717, 1.165) is 5.56 Å². The zero-order valence-electron chi connectivity index (χ0n) is 11.4. The number of hydrogen-bond donors (Lipinski definition) is 1. The van der Waals surface area contributed by atoms with Crippen molar-refractivity contribution < 1.29 is 9.84 Å². The molecule has 0 aliphatic rings. The van der Waals surface area contributed by atoms with Crippen molar-refractivity contribution in [3.63, 3.8) is 0 Å². The molecule has 0 saturated heterocycles. The summed E-state index contributed by atoms with van der Waals surface area (Å²) in [6.45, 7) is 0. The summed E-state index contributed by atoms with van der Waals surface area (Å²) in [6.07, 6.45) is 3.43. The normalized spacial score (nSPS) is 10.0. The Hall–Kier alpha value is -3.24. The minimum atomic E-state index is -0.258. The minimum absolute atomic E-state index is 0.0260. The van der Waals surface area contributed by atoms with Crippen LogP contribution < -0.4 is 4.74 Å². The van der Waals surface area contributed by atoms with E-state index in [2.05, 4.69) is 0 Å². The Morgan fingerprint density at radius 2 is 1.81 bits per heavy atom. The van der Waals surface area contributed by atoms with E-state index in [1.807, 2.05) is 42.5 Å². The van der Waals surface area contributed by atoms with Gasteiger partial charge in [0.2, 0.25) is 0 Å². The van der Waals surface area contributed by atoms with Crippen LogP contribution in [0.3, 0.4) is 0 Å². The molecule has 21 heavy (non-hydrogen) atoms. The molecule has 0 spiro atoms. The summed E-state index contributed by atoms with van der Waals surface area (Å²) in [5, 5.41) is 28.4. The van der Waals surface area contributed by atoms with Crippen LogP contribution in [0.5, 0.6) is 11.5 Å². The maximum absolute atomic E-state index is 10.00. The molecule has 2 rings (SSSR count). The summed E-state index contributed by atoms with van der Waals surface area (Å²) < 4.78 is 4.97. The molecule has 2 aromatic rings. The molecule has 1 N–H and O–H groups in total. The molecule has 0 unspecified atom stereocenters. The van der Waals surface area contributed by atoms with Gasteiger partial charge in [-0.3, -0.25) is 0 Å². The fraction of sp³-hybridized carbons (Fsp3) is 0.0588. The Labute approximate surface area is 122 Å². The average molecular weight is 276 g/mol. The molecule has 0 radical (unpaired) electrons. The molecule has 0 fully saturated rings. The van der Waals surface area contributed by atoms with Crippen LogP contribution in [0.1, 0.15) is 22.3 Å². The summed E-state index contributed by atoms with van der Waals surface area (Å²) >= 11 is 0. The topological polar surface area (TPSA) is 77.0 Å². The Morgan fingerprint density at radius 3 is 2.38 bits per heavy atom. The second-order valence-electron chi connectivity index (χ2n) is 4.23. The first-order chi connectivity index (χ1) is 10.2. The summed E-state index contributed by atoms with van der Waals surface area (Å²) in [5.41, 5.74) is 1.61. The van der Waals surface area contributed by atoms with Gasteiger partial charge in [0, 0.05) is 11.6 Å². The molecule has 0 aromatic heterocycles. The van der Waals surface area contributed by atoms with Crippen molar-refractivity contribution >= 4 is 12.2 Å². The van der Waals surface area contributed by atoms with E-state index in [9.17, 15) is 15.6 Å². The van der Waals surface area contributed by atoms with Crippen LogP contribution in [0.2, 0.25) is 0 Å². The number of phenolic OH excluding ortho intramolecular Hbond substituents is 1. The fourth-order valence-corrected chi connectivity index (χ4v) is 1.94. The molecular weight excluding hydrogens is 264 g/mol. The number of rotatable bonds is 3. The van der Waals surface area contributed by atoms with Crippen molar-refractivity contribution in [2.75, 3.05) is 7.11 Å². The summed E-state index contributed by atoms with van der Waals surface area (Å²) in [4.78, 5) is 0. The number of ether oxygens (including phenoxy) is 1. The maximum atomic E-state index is 10.00. The van der Waals surface area contributed by atoms with Crippen molar-refractivity contribution in [3.05, 3.63) is 58.7 Å². The first kappa shape index (κ1) is 14.2. The van der Waals surface area contributed by atoms with Crippen LogP contribution in [0, 0.1) is 22.7 Å². The molecule has 2 aromatic carbocycles. The molecule has 0 aliphatic heterocycles. The van der Waals surface area contributed by atoms with Crippen LogP contribution in [0.4, 0.5) is 0 Å². The SMILES string of the molecule is COc1cc(C#N)c(C=Cc2ccccc2)c(C#N)c1O. The number of aromatic hydroxyl groups is 1. The highest BCUT2D eigenvalue weighted by atomic mass is 16.5. The van der Waals surface area contributed by atoms with Gasteiger partial charge in [-0.1, -0.05) is 42.5 Å². The van der Waals surface area contributed by atoms with Gasteiger partial charge < -0.3 is 9.84 Å². The molecule has 0 atom stereocenters. The van der Waals surface area contributed by atoms with Crippen LogP contribution >= 0.6 is 0 Å². The predicted octanol–water partition coefficient (Wildman–Crippen LogP) is 3.31. The Morgan fingerprint density at radius 1 is 1.10 bits per heavy atom. The number of benzene rings is 2. The lowest BCUT2D eigenvalue weighted by atomic mass is 9.99. The molecule has 4 nitrogen and oxygen atoms in total. The largest absolute Gasteiger partial charge is 0.503 e. The summed E-state index contributed by atoms with van der Waals surface area (Å²) in [6, 6.07) is 14.8. The van der Waals surface area contributed by atoms with Crippen molar-refractivity contribution in [2.45, 2.75) is 0 Å². The van der Waals surface area contributed by atoms with Gasteiger partial charge in [0.05, 0.1) is 18.7 Å². The quantitative estimate of drug-likeness (QED) is 0.872. The molecule has 0 bridgehead atoms. The third-order valence-electron chi connectivity index (χ3n) is 3.00. The molecule has 0 amide bonds. The van der Waals surface area contributed by atoms with Gasteiger partial charge in [-0.2, -0.15) is 10.5 Å². The van der Waals surface area contributed by atoms with E-state index in [1.54, 1.807) is 12.2 Å². The standard InChI is InChI=1S/C17H12N2O2/c1-21-16-9-13(10-18)14(15(11-19)17(16)20)8-7-12-5-3-2-4-6-12/h2-9,20H,1H3. The molecule has 0 heterocycles. The van der Waals surface area contributed by atoms with Gasteiger partial charge in [0.15, 0.2) is 11.5 Å². The van der Waals surface area contributed by atoms with E-state index >= 15 is 0 Å². The smallest absolute Gasteiger partial charge is 0.176 e. The van der Waals surface area contributed by atoms with Crippen LogP contribution in [0.25, 0.3) is 12.2 Å². The first-order valence-corrected chi connectivity index (χ1v) is 6.18. The van der Waals surface area contributed by atoms with Crippen LogP contribution in [-0.4, -0.2) is 12.2 Å². The van der Waals surface area contributed by atoms with Gasteiger partial charge in [0.25, 0.3) is 0 Å². The molecule has 102 valence electrons. The predicted molar refractivity (Wildman–Crippen MR) is 79.5 cm³/mol. The molecule has 0 saturated carbocycles. The third kappa shape index (κ3) is 2.86. The number of hydrogen-bond acceptors (Lipinski definition) is 4. The van der Waals surface area contributed by atoms with E-state index < -0.39 is 0 Å².